The molecule has 0 radical (unpaired) electrons. The van der Waals surface area contributed by atoms with Crippen molar-refractivity contribution in [1.82, 2.24) is 0 Å². The van der Waals surface area contributed by atoms with Gasteiger partial charge in [-0.3, -0.25) is 9.59 Å². The number of rotatable bonds is 5. The summed E-state index contributed by atoms with van der Waals surface area (Å²) in [6, 6.07) is 7.50. The normalized spacial score (nSPS) is 17.6. The van der Waals surface area contributed by atoms with Gasteiger partial charge in [0.25, 0.3) is 0 Å². The second-order valence-electron chi connectivity index (χ2n) is 5.74. The molecule has 1 fully saturated rings. The van der Waals surface area contributed by atoms with Crippen LogP contribution in [-0.2, 0) is 4.79 Å². The number of hydrogen-bond donors (Lipinski definition) is 1. The summed E-state index contributed by atoms with van der Waals surface area (Å²) in [5, 5.41) is 9.14. The molecule has 20 heavy (non-hydrogen) atoms. The van der Waals surface area contributed by atoms with E-state index < -0.39 is 5.97 Å². The van der Waals surface area contributed by atoms with E-state index in [9.17, 15) is 9.59 Å². The first-order valence-electron chi connectivity index (χ1n) is 7.01. The molecule has 1 saturated carbocycles. The number of carbonyl (C=O) groups excluding carboxylic acids is 1. The molecule has 0 aromatic heterocycles. The zero-order chi connectivity index (χ0) is 14.6. The van der Waals surface area contributed by atoms with Crippen LogP contribution in [0.1, 0.15) is 55.3 Å². The maximum atomic E-state index is 12.4. The van der Waals surface area contributed by atoms with Crippen LogP contribution < -0.4 is 0 Å². The van der Waals surface area contributed by atoms with E-state index in [-0.39, 0.29) is 17.6 Å². The Labute approximate surface area is 132 Å². The molecule has 1 aromatic rings. The number of ketones is 1. The van der Waals surface area contributed by atoms with Crippen molar-refractivity contribution in [1.29, 1.82) is 0 Å². The highest BCUT2D eigenvalue weighted by atomic mass is 127. The molecule has 2 rings (SSSR count). The number of carboxylic acids is 1. The Morgan fingerprint density at radius 2 is 1.65 bits per heavy atom. The fraction of sp³-hybridized carbons (Fsp3) is 0.500. The lowest BCUT2D eigenvalue weighted by atomic mass is 9.68. The van der Waals surface area contributed by atoms with Gasteiger partial charge in [0, 0.05) is 15.6 Å². The molecule has 0 aliphatic heterocycles. The fourth-order valence-corrected chi connectivity index (χ4v) is 3.48. The van der Waals surface area contributed by atoms with E-state index in [4.69, 9.17) is 5.11 Å². The highest BCUT2D eigenvalue weighted by Crippen LogP contribution is 2.43. The van der Waals surface area contributed by atoms with Gasteiger partial charge in [-0.25, -0.2) is 0 Å². The molecule has 0 heterocycles. The van der Waals surface area contributed by atoms with E-state index in [1.165, 1.54) is 0 Å². The molecule has 1 aromatic carbocycles. The monoisotopic (exact) mass is 386 g/mol. The lowest BCUT2D eigenvalue weighted by molar-refractivity contribution is -0.140. The van der Waals surface area contributed by atoms with Crippen molar-refractivity contribution in [3.63, 3.8) is 0 Å². The zero-order valence-electron chi connectivity index (χ0n) is 11.4. The van der Waals surface area contributed by atoms with Crippen molar-refractivity contribution in [3.8, 4) is 0 Å². The summed E-state index contributed by atoms with van der Waals surface area (Å²) in [5.41, 5.74) is 0.366. The van der Waals surface area contributed by atoms with E-state index >= 15 is 0 Å². The standard InChI is InChI=1S/C16H19IO3/c17-13-6-4-12(5-7-13)14(18)10-16(11-15(19)20)8-2-1-3-9-16/h4-7H,1-3,8-11H2,(H,19,20). The predicted molar refractivity (Wildman–Crippen MR) is 85.9 cm³/mol. The third-order valence-electron chi connectivity index (χ3n) is 4.14. The molecule has 0 bridgehead atoms. The van der Waals surface area contributed by atoms with Crippen molar-refractivity contribution in [2.45, 2.75) is 44.9 Å². The topological polar surface area (TPSA) is 54.4 Å². The largest absolute Gasteiger partial charge is 0.481 e. The van der Waals surface area contributed by atoms with E-state index in [0.29, 0.717) is 12.0 Å². The maximum Gasteiger partial charge on any atom is 0.303 e. The van der Waals surface area contributed by atoms with Gasteiger partial charge in [-0.1, -0.05) is 31.4 Å². The first-order valence-corrected chi connectivity index (χ1v) is 8.09. The Balaban J connectivity index is 2.12. The first kappa shape index (κ1) is 15.5. The minimum absolute atomic E-state index is 0.0737. The quantitative estimate of drug-likeness (QED) is 0.607. The lowest BCUT2D eigenvalue weighted by Gasteiger charge is -2.35. The molecule has 0 saturated heterocycles. The summed E-state index contributed by atoms with van der Waals surface area (Å²) in [6.45, 7) is 0. The van der Waals surface area contributed by atoms with Crippen LogP contribution in [0.4, 0.5) is 0 Å². The molecular weight excluding hydrogens is 367 g/mol. The molecule has 4 heteroatoms. The van der Waals surface area contributed by atoms with Gasteiger partial charge in [-0.15, -0.1) is 0 Å². The van der Waals surface area contributed by atoms with E-state index in [1.807, 2.05) is 24.3 Å². The molecule has 1 aliphatic carbocycles. The van der Waals surface area contributed by atoms with Crippen molar-refractivity contribution in [2.24, 2.45) is 5.41 Å². The van der Waals surface area contributed by atoms with E-state index in [0.717, 1.165) is 35.7 Å². The highest BCUT2D eigenvalue weighted by molar-refractivity contribution is 14.1. The average molecular weight is 386 g/mol. The predicted octanol–water partition coefficient (Wildman–Crippen LogP) is 4.29. The van der Waals surface area contributed by atoms with Crippen LogP contribution in [0.3, 0.4) is 0 Å². The molecule has 0 atom stereocenters. The Morgan fingerprint density at radius 3 is 2.20 bits per heavy atom. The van der Waals surface area contributed by atoms with Crippen LogP contribution in [-0.4, -0.2) is 16.9 Å². The van der Waals surface area contributed by atoms with E-state index in [1.54, 1.807) is 0 Å². The maximum absolute atomic E-state index is 12.4. The Kier molecular flexibility index (Phi) is 5.18. The minimum Gasteiger partial charge on any atom is -0.481 e. The zero-order valence-corrected chi connectivity index (χ0v) is 13.6. The van der Waals surface area contributed by atoms with Crippen molar-refractivity contribution < 1.29 is 14.7 Å². The van der Waals surface area contributed by atoms with Gasteiger partial charge in [0.05, 0.1) is 6.42 Å². The average Bonchev–Trinajstić information content (AvgIpc) is 2.39. The van der Waals surface area contributed by atoms with Gasteiger partial charge in [0.15, 0.2) is 5.78 Å². The Bertz CT molecular complexity index is 487. The van der Waals surface area contributed by atoms with Gasteiger partial charge in [0.1, 0.15) is 0 Å². The fourth-order valence-electron chi connectivity index (χ4n) is 3.12. The van der Waals surface area contributed by atoms with Crippen LogP contribution in [0, 0.1) is 8.99 Å². The summed E-state index contributed by atoms with van der Waals surface area (Å²) >= 11 is 2.21. The molecule has 0 unspecified atom stereocenters. The third-order valence-corrected chi connectivity index (χ3v) is 4.86. The highest BCUT2D eigenvalue weighted by Gasteiger charge is 2.36. The van der Waals surface area contributed by atoms with Gasteiger partial charge < -0.3 is 5.11 Å². The SMILES string of the molecule is O=C(O)CC1(CC(=O)c2ccc(I)cc2)CCCCC1. The van der Waals surface area contributed by atoms with Crippen LogP contribution in [0.2, 0.25) is 0 Å². The van der Waals surface area contributed by atoms with Crippen LogP contribution in [0.25, 0.3) is 0 Å². The number of carbonyl (C=O) groups is 2. The minimum atomic E-state index is -0.790. The number of carboxylic acid groups (broad SMARTS) is 1. The van der Waals surface area contributed by atoms with Crippen molar-refractivity contribution >= 4 is 34.3 Å². The van der Waals surface area contributed by atoms with Crippen LogP contribution >= 0.6 is 22.6 Å². The van der Waals surface area contributed by atoms with Crippen molar-refractivity contribution in [2.75, 3.05) is 0 Å². The van der Waals surface area contributed by atoms with Gasteiger partial charge in [-0.2, -0.15) is 0 Å². The molecule has 3 nitrogen and oxygen atoms in total. The second kappa shape index (κ2) is 6.70. The molecule has 0 spiro atoms. The van der Waals surface area contributed by atoms with Gasteiger partial charge in [-0.05, 0) is 53.0 Å². The summed E-state index contributed by atoms with van der Waals surface area (Å²) in [4.78, 5) is 23.5. The summed E-state index contributed by atoms with van der Waals surface area (Å²) in [5.74, 6) is -0.716. The summed E-state index contributed by atoms with van der Waals surface area (Å²) < 4.78 is 1.09. The number of halogens is 1. The van der Waals surface area contributed by atoms with Crippen molar-refractivity contribution in [3.05, 3.63) is 33.4 Å². The smallest absolute Gasteiger partial charge is 0.303 e. The molecule has 0 amide bonds. The second-order valence-corrected chi connectivity index (χ2v) is 6.98. The molecule has 108 valence electrons. The summed E-state index contributed by atoms with van der Waals surface area (Å²) in [7, 11) is 0. The van der Waals surface area contributed by atoms with Gasteiger partial charge in [0.2, 0.25) is 0 Å². The lowest BCUT2D eigenvalue weighted by Crippen LogP contribution is -2.30. The van der Waals surface area contributed by atoms with Crippen LogP contribution in [0.15, 0.2) is 24.3 Å². The first-order chi connectivity index (χ1) is 9.51. The Hall–Kier alpha value is -0.910. The van der Waals surface area contributed by atoms with Crippen LogP contribution in [0.5, 0.6) is 0 Å². The Morgan fingerprint density at radius 1 is 1.05 bits per heavy atom. The summed E-state index contributed by atoms with van der Waals surface area (Å²) in [6.07, 6.45) is 5.41. The number of aliphatic carboxylic acids is 1. The number of hydrogen-bond acceptors (Lipinski definition) is 2. The molecule has 1 N–H and O–H groups in total. The number of Topliss-reactive ketones (excluding diaryl/α,β-unsaturated/α-hetero) is 1. The van der Waals surface area contributed by atoms with E-state index in [2.05, 4.69) is 22.6 Å². The number of benzene rings is 1. The third kappa shape index (κ3) is 4.04. The molecule has 1 aliphatic rings. The van der Waals surface area contributed by atoms with Gasteiger partial charge >= 0.3 is 5.97 Å². The molecular formula is C16H19IO3.